The summed E-state index contributed by atoms with van der Waals surface area (Å²) >= 11 is 0. The number of aryl methyl sites for hydroxylation is 1. The standard InChI is InChI=1S/C18H16N6/c1-2-24-17(15-6-7-18(19)22-21-15)10-16(23-24)13-5-3-4-12-8-9-20-11-14(12)13/h3-11H,2H2,1H3,(H2,19,22). The topological polar surface area (TPSA) is 82.5 Å². The molecule has 24 heavy (non-hydrogen) atoms. The molecule has 0 aliphatic rings. The summed E-state index contributed by atoms with van der Waals surface area (Å²) in [4.78, 5) is 4.25. The Bertz CT molecular complexity index is 998. The Morgan fingerprint density at radius 1 is 1.04 bits per heavy atom. The summed E-state index contributed by atoms with van der Waals surface area (Å²) in [6.45, 7) is 2.79. The first-order chi connectivity index (χ1) is 11.8. The first-order valence-corrected chi connectivity index (χ1v) is 7.77. The van der Waals surface area contributed by atoms with Crippen molar-refractivity contribution in [3.8, 4) is 22.6 Å². The van der Waals surface area contributed by atoms with Crippen LogP contribution in [0.25, 0.3) is 33.4 Å². The van der Waals surface area contributed by atoms with E-state index in [0.717, 1.165) is 40.0 Å². The molecule has 0 saturated heterocycles. The molecule has 2 N–H and O–H groups in total. The van der Waals surface area contributed by atoms with Crippen LogP contribution in [-0.2, 0) is 6.54 Å². The van der Waals surface area contributed by atoms with Gasteiger partial charge >= 0.3 is 0 Å². The van der Waals surface area contributed by atoms with Gasteiger partial charge in [0.2, 0.25) is 0 Å². The van der Waals surface area contributed by atoms with E-state index in [1.54, 1.807) is 12.3 Å². The Morgan fingerprint density at radius 2 is 1.96 bits per heavy atom. The van der Waals surface area contributed by atoms with Gasteiger partial charge in [0, 0.05) is 29.9 Å². The van der Waals surface area contributed by atoms with Gasteiger partial charge in [-0.3, -0.25) is 9.67 Å². The molecule has 1 aromatic carbocycles. The van der Waals surface area contributed by atoms with Gasteiger partial charge in [-0.1, -0.05) is 18.2 Å². The van der Waals surface area contributed by atoms with Gasteiger partial charge in [0.25, 0.3) is 0 Å². The second-order valence-corrected chi connectivity index (χ2v) is 5.48. The van der Waals surface area contributed by atoms with Crippen LogP contribution in [-0.4, -0.2) is 25.0 Å². The smallest absolute Gasteiger partial charge is 0.146 e. The Kier molecular flexibility index (Phi) is 3.42. The van der Waals surface area contributed by atoms with Crippen LogP contribution in [0.4, 0.5) is 5.82 Å². The quantitative estimate of drug-likeness (QED) is 0.628. The number of fused-ring (bicyclic) bond motifs is 1. The summed E-state index contributed by atoms with van der Waals surface area (Å²) in [5.41, 5.74) is 9.25. The van der Waals surface area contributed by atoms with Gasteiger partial charge in [0.1, 0.15) is 11.5 Å². The molecule has 0 spiro atoms. The Labute approximate surface area is 139 Å². The molecule has 4 aromatic rings. The van der Waals surface area contributed by atoms with Crippen LogP contribution < -0.4 is 5.73 Å². The third-order valence-electron chi connectivity index (χ3n) is 3.99. The average molecular weight is 316 g/mol. The number of nitrogens with two attached hydrogens (primary N) is 1. The van der Waals surface area contributed by atoms with E-state index in [0.29, 0.717) is 5.82 Å². The van der Waals surface area contributed by atoms with Gasteiger partial charge in [-0.05, 0) is 36.6 Å². The zero-order chi connectivity index (χ0) is 16.5. The molecule has 0 fully saturated rings. The lowest BCUT2D eigenvalue weighted by molar-refractivity contribution is 0.667. The highest BCUT2D eigenvalue weighted by atomic mass is 15.3. The summed E-state index contributed by atoms with van der Waals surface area (Å²) in [7, 11) is 0. The molecule has 0 saturated carbocycles. The van der Waals surface area contributed by atoms with Gasteiger partial charge in [-0.15, -0.1) is 10.2 Å². The molecule has 0 aliphatic heterocycles. The summed E-state index contributed by atoms with van der Waals surface area (Å²) in [6.07, 6.45) is 3.67. The van der Waals surface area contributed by atoms with E-state index in [9.17, 15) is 0 Å². The van der Waals surface area contributed by atoms with Crippen molar-refractivity contribution in [1.29, 1.82) is 0 Å². The largest absolute Gasteiger partial charge is 0.382 e. The van der Waals surface area contributed by atoms with E-state index in [4.69, 9.17) is 10.8 Å². The molecule has 6 nitrogen and oxygen atoms in total. The number of benzene rings is 1. The number of rotatable bonds is 3. The van der Waals surface area contributed by atoms with E-state index < -0.39 is 0 Å². The first kappa shape index (κ1) is 14.3. The van der Waals surface area contributed by atoms with Crippen LogP contribution >= 0.6 is 0 Å². The number of nitrogens with zero attached hydrogens (tertiary/aromatic N) is 5. The molecular formula is C18H16N6. The maximum absolute atomic E-state index is 5.63. The van der Waals surface area contributed by atoms with Gasteiger partial charge in [-0.2, -0.15) is 5.10 Å². The van der Waals surface area contributed by atoms with Gasteiger partial charge in [0.15, 0.2) is 0 Å². The third kappa shape index (κ3) is 2.38. The van der Waals surface area contributed by atoms with E-state index in [1.165, 1.54) is 0 Å². The summed E-state index contributed by atoms with van der Waals surface area (Å²) < 4.78 is 1.92. The highest BCUT2D eigenvalue weighted by Gasteiger charge is 2.14. The Morgan fingerprint density at radius 3 is 2.75 bits per heavy atom. The highest BCUT2D eigenvalue weighted by molar-refractivity contribution is 5.95. The predicted molar refractivity (Wildman–Crippen MR) is 94.1 cm³/mol. The van der Waals surface area contributed by atoms with Crippen molar-refractivity contribution in [1.82, 2.24) is 25.0 Å². The number of pyridine rings is 1. The van der Waals surface area contributed by atoms with Gasteiger partial charge in [-0.25, -0.2) is 0 Å². The van der Waals surface area contributed by atoms with Gasteiger partial charge in [0.05, 0.1) is 11.4 Å². The van der Waals surface area contributed by atoms with Crippen LogP contribution in [0.1, 0.15) is 6.92 Å². The zero-order valence-electron chi connectivity index (χ0n) is 13.2. The summed E-state index contributed by atoms with van der Waals surface area (Å²) in [5, 5.41) is 15.1. The Balaban J connectivity index is 1.89. The van der Waals surface area contributed by atoms with Crippen LogP contribution in [0.2, 0.25) is 0 Å². The molecule has 0 bridgehead atoms. The number of aromatic nitrogens is 5. The third-order valence-corrected chi connectivity index (χ3v) is 3.99. The number of nitrogen functional groups attached to an aromatic ring is 1. The van der Waals surface area contributed by atoms with Gasteiger partial charge < -0.3 is 5.73 Å². The monoisotopic (exact) mass is 316 g/mol. The van der Waals surface area contributed by atoms with Crippen LogP contribution in [0.5, 0.6) is 0 Å². The fourth-order valence-electron chi connectivity index (χ4n) is 2.81. The maximum atomic E-state index is 5.63. The lowest BCUT2D eigenvalue weighted by Gasteiger charge is -2.03. The van der Waals surface area contributed by atoms with Crippen LogP contribution in [0, 0.1) is 0 Å². The molecular weight excluding hydrogens is 300 g/mol. The predicted octanol–water partition coefficient (Wildman–Crippen LogP) is 3.16. The van der Waals surface area contributed by atoms with Crippen molar-refractivity contribution in [3.05, 3.63) is 54.9 Å². The summed E-state index contributed by atoms with van der Waals surface area (Å²) in [5.74, 6) is 0.404. The number of hydrogen-bond acceptors (Lipinski definition) is 5. The minimum atomic E-state index is 0.404. The summed E-state index contributed by atoms with van der Waals surface area (Å²) in [6, 6.07) is 13.8. The van der Waals surface area contributed by atoms with Crippen LogP contribution in [0.3, 0.4) is 0 Å². The minimum Gasteiger partial charge on any atom is -0.382 e. The molecule has 0 atom stereocenters. The fourth-order valence-corrected chi connectivity index (χ4v) is 2.81. The number of hydrogen-bond donors (Lipinski definition) is 1. The second kappa shape index (κ2) is 5.73. The van der Waals surface area contributed by atoms with E-state index >= 15 is 0 Å². The molecule has 0 aliphatic carbocycles. The molecule has 0 unspecified atom stereocenters. The molecule has 0 radical (unpaired) electrons. The van der Waals surface area contributed by atoms with Crippen molar-refractivity contribution < 1.29 is 0 Å². The first-order valence-electron chi connectivity index (χ1n) is 7.77. The molecule has 6 heteroatoms. The van der Waals surface area contributed by atoms with Crippen molar-refractivity contribution in [3.63, 3.8) is 0 Å². The van der Waals surface area contributed by atoms with Crippen molar-refractivity contribution in [2.75, 3.05) is 5.73 Å². The molecule has 3 aromatic heterocycles. The Hall–Kier alpha value is -3.28. The minimum absolute atomic E-state index is 0.404. The normalized spacial score (nSPS) is 11.0. The zero-order valence-corrected chi connectivity index (χ0v) is 13.2. The number of anilines is 1. The molecule has 118 valence electrons. The molecule has 3 heterocycles. The van der Waals surface area contributed by atoms with Crippen molar-refractivity contribution in [2.45, 2.75) is 13.5 Å². The fraction of sp³-hybridized carbons (Fsp3) is 0.111. The van der Waals surface area contributed by atoms with E-state index in [2.05, 4.69) is 34.2 Å². The van der Waals surface area contributed by atoms with Crippen molar-refractivity contribution >= 4 is 16.6 Å². The molecule has 0 amide bonds. The van der Waals surface area contributed by atoms with Crippen molar-refractivity contribution in [2.24, 2.45) is 0 Å². The SMILES string of the molecule is CCn1nc(-c2cccc3ccncc23)cc1-c1ccc(N)nn1. The maximum Gasteiger partial charge on any atom is 0.146 e. The lowest BCUT2D eigenvalue weighted by atomic mass is 10.0. The van der Waals surface area contributed by atoms with E-state index in [-0.39, 0.29) is 0 Å². The average Bonchev–Trinajstić information content (AvgIpc) is 3.06. The highest BCUT2D eigenvalue weighted by Crippen LogP contribution is 2.30. The van der Waals surface area contributed by atoms with E-state index in [1.807, 2.05) is 35.1 Å². The second-order valence-electron chi connectivity index (χ2n) is 5.48. The lowest BCUT2D eigenvalue weighted by Crippen LogP contribution is -2.01. The molecule has 4 rings (SSSR count). The van der Waals surface area contributed by atoms with Crippen LogP contribution in [0.15, 0.2) is 54.9 Å².